The van der Waals surface area contributed by atoms with Gasteiger partial charge in [0.1, 0.15) is 6.04 Å². The number of aryl methyl sites for hydroxylation is 1. The molecule has 2 amide bonds. The Kier molecular flexibility index (Phi) is 9.55. The van der Waals surface area contributed by atoms with Crippen molar-refractivity contribution in [3.05, 3.63) is 105 Å². The van der Waals surface area contributed by atoms with Crippen molar-refractivity contribution in [2.75, 3.05) is 6.54 Å². The van der Waals surface area contributed by atoms with E-state index >= 15 is 0 Å². The van der Waals surface area contributed by atoms with Gasteiger partial charge in [-0.15, -0.1) is 0 Å². The molecule has 0 fully saturated rings. The lowest BCUT2D eigenvalue weighted by Crippen LogP contribution is -2.51. The van der Waals surface area contributed by atoms with Gasteiger partial charge in [0.25, 0.3) is 0 Å². The second-order valence-electron chi connectivity index (χ2n) is 8.43. The monoisotopic (exact) mass is 496 g/mol. The van der Waals surface area contributed by atoms with Crippen LogP contribution in [-0.4, -0.2) is 29.3 Å². The van der Waals surface area contributed by atoms with Crippen LogP contribution in [0, 0.1) is 6.92 Å². The number of benzene rings is 3. The summed E-state index contributed by atoms with van der Waals surface area (Å²) in [6.07, 6.45) is 1.36. The lowest BCUT2D eigenvalue weighted by Gasteiger charge is -2.32. The number of rotatable bonds is 10. The van der Waals surface area contributed by atoms with Crippen molar-refractivity contribution in [1.29, 1.82) is 0 Å². The van der Waals surface area contributed by atoms with E-state index in [4.69, 9.17) is 23.2 Å². The highest BCUT2D eigenvalue weighted by molar-refractivity contribution is 6.42. The third-order valence-electron chi connectivity index (χ3n) is 5.63. The Balaban J connectivity index is 1.95. The van der Waals surface area contributed by atoms with Crippen LogP contribution in [0.15, 0.2) is 72.8 Å². The van der Waals surface area contributed by atoms with Gasteiger partial charge in [-0.05, 0) is 42.2 Å². The lowest BCUT2D eigenvalue weighted by molar-refractivity contribution is -0.140. The molecule has 0 spiro atoms. The molecule has 0 radical (unpaired) electrons. The van der Waals surface area contributed by atoms with Crippen molar-refractivity contribution in [1.82, 2.24) is 10.2 Å². The standard InChI is InChI=1S/C28H30Cl2N2O2/c1-3-15-31-28(34)26(17-21-7-5-4-6-8-21)32(19-22-11-9-20(2)10-12-22)27(33)18-23-13-14-24(29)25(30)16-23/h4-14,16,26H,3,15,17-19H2,1-2H3,(H,31,34). The quantitative estimate of drug-likeness (QED) is 0.373. The van der Waals surface area contributed by atoms with Crippen molar-refractivity contribution in [3.8, 4) is 0 Å². The predicted molar refractivity (Wildman–Crippen MR) is 139 cm³/mol. The first kappa shape index (κ1) is 25.8. The van der Waals surface area contributed by atoms with Crippen LogP contribution in [0.2, 0.25) is 10.0 Å². The molecule has 0 aliphatic carbocycles. The van der Waals surface area contributed by atoms with E-state index < -0.39 is 6.04 Å². The molecule has 0 aromatic heterocycles. The molecule has 1 N–H and O–H groups in total. The first-order valence-electron chi connectivity index (χ1n) is 11.5. The zero-order chi connectivity index (χ0) is 24.5. The van der Waals surface area contributed by atoms with E-state index in [2.05, 4.69) is 5.32 Å². The minimum atomic E-state index is -0.648. The van der Waals surface area contributed by atoms with Gasteiger partial charge < -0.3 is 10.2 Å². The van der Waals surface area contributed by atoms with Crippen molar-refractivity contribution in [3.63, 3.8) is 0 Å². The Morgan fingerprint density at radius 2 is 1.56 bits per heavy atom. The molecule has 1 atom stereocenters. The molecular weight excluding hydrogens is 467 g/mol. The maximum Gasteiger partial charge on any atom is 0.243 e. The first-order chi connectivity index (χ1) is 16.4. The fraction of sp³-hybridized carbons (Fsp3) is 0.286. The molecule has 3 rings (SSSR count). The van der Waals surface area contributed by atoms with Gasteiger partial charge in [-0.3, -0.25) is 9.59 Å². The van der Waals surface area contributed by atoms with Gasteiger partial charge in [-0.2, -0.15) is 0 Å². The molecule has 0 aliphatic heterocycles. The van der Waals surface area contributed by atoms with Crippen LogP contribution in [0.4, 0.5) is 0 Å². The van der Waals surface area contributed by atoms with Crippen LogP contribution >= 0.6 is 23.2 Å². The van der Waals surface area contributed by atoms with Gasteiger partial charge in [-0.25, -0.2) is 0 Å². The summed E-state index contributed by atoms with van der Waals surface area (Å²) < 4.78 is 0. The third-order valence-corrected chi connectivity index (χ3v) is 6.37. The zero-order valence-electron chi connectivity index (χ0n) is 19.6. The Bertz CT molecular complexity index is 1100. The van der Waals surface area contributed by atoms with E-state index in [0.717, 1.165) is 28.7 Å². The lowest BCUT2D eigenvalue weighted by atomic mass is 10.0. The molecule has 3 aromatic carbocycles. The molecule has 0 aliphatic rings. The largest absolute Gasteiger partial charge is 0.354 e. The van der Waals surface area contributed by atoms with E-state index in [1.165, 1.54) is 0 Å². The van der Waals surface area contributed by atoms with Crippen LogP contribution in [0.25, 0.3) is 0 Å². The summed E-state index contributed by atoms with van der Waals surface area (Å²) in [7, 11) is 0. The number of amides is 2. The normalized spacial score (nSPS) is 11.6. The van der Waals surface area contributed by atoms with Crippen LogP contribution in [0.3, 0.4) is 0 Å². The van der Waals surface area contributed by atoms with Crippen LogP contribution in [-0.2, 0) is 29.0 Å². The number of nitrogens with zero attached hydrogens (tertiary/aromatic N) is 1. The highest BCUT2D eigenvalue weighted by Crippen LogP contribution is 2.24. The Morgan fingerprint density at radius 3 is 2.21 bits per heavy atom. The van der Waals surface area contributed by atoms with Gasteiger partial charge in [-0.1, -0.05) is 96.4 Å². The van der Waals surface area contributed by atoms with Crippen molar-refractivity contribution >= 4 is 35.0 Å². The minimum Gasteiger partial charge on any atom is -0.354 e. The SMILES string of the molecule is CCCNC(=O)C(Cc1ccccc1)N(Cc1ccc(C)cc1)C(=O)Cc1ccc(Cl)c(Cl)c1. The van der Waals surface area contributed by atoms with Gasteiger partial charge in [0, 0.05) is 19.5 Å². The smallest absolute Gasteiger partial charge is 0.243 e. The second-order valence-corrected chi connectivity index (χ2v) is 9.24. The molecule has 0 bridgehead atoms. The predicted octanol–water partition coefficient (Wildman–Crippen LogP) is 6.01. The average Bonchev–Trinajstić information content (AvgIpc) is 2.84. The van der Waals surface area contributed by atoms with Gasteiger partial charge in [0.15, 0.2) is 0 Å². The summed E-state index contributed by atoms with van der Waals surface area (Å²) >= 11 is 12.2. The third kappa shape index (κ3) is 7.34. The van der Waals surface area contributed by atoms with Crippen LogP contribution in [0.5, 0.6) is 0 Å². The molecule has 1 unspecified atom stereocenters. The van der Waals surface area contributed by atoms with Crippen molar-refractivity contribution in [2.45, 2.75) is 45.7 Å². The molecule has 3 aromatic rings. The minimum absolute atomic E-state index is 0.120. The number of carbonyl (C=O) groups is 2. The van der Waals surface area contributed by atoms with E-state index in [1.807, 2.05) is 68.4 Å². The first-order valence-corrected chi connectivity index (χ1v) is 12.2. The number of nitrogens with one attached hydrogen (secondary N) is 1. The summed E-state index contributed by atoms with van der Waals surface area (Å²) in [5.41, 5.74) is 3.85. The maximum absolute atomic E-state index is 13.7. The zero-order valence-corrected chi connectivity index (χ0v) is 21.1. The number of carbonyl (C=O) groups excluding carboxylic acids is 2. The summed E-state index contributed by atoms with van der Waals surface area (Å²) in [6, 6.07) is 22.3. The van der Waals surface area contributed by atoms with Gasteiger partial charge >= 0.3 is 0 Å². The summed E-state index contributed by atoms with van der Waals surface area (Å²) in [6.45, 7) is 4.92. The number of hydrogen-bond acceptors (Lipinski definition) is 2. The summed E-state index contributed by atoms with van der Waals surface area (Å²) in [5.74, 6) is -0.299. The Morgan fingerprint density at radius 1 is 0.882 bits per heavy atom. The highest BCUT2D eigenvalue weighted by Gasteiger charge is 2.30. The maximum atomic E-state index is 13.7. The van der Waals surface area contributed by atoms with Gasteiger partial charge in [0.05, 0.1) is 16.5 Å². The highest BCUT2D eigenvalue weighted by atomic mass is 35.5. The molecule has 0 saturated heterocycles. The fourth-order valence-corrected chi connectivity index (χ4v) is 4.06. The van der Waals surface area contributed by atoms with Crippen LogP contribution in [0.1, 0.15) is 35.6 Å². The Labute approximate surface area is 211 Å². The van der Waals surface area contributed by atoms with Crippen molar-refractivity contribution in [2.24, 2.45) is 0 Å². The van der Waals surface area contributed by atoms with Crippen molar-refractivity contribution < 1.29 is 9.59 Å². The summed E-state index contributed by atoms with van der Waals surface area (Å²) in [5, 5.41) is 3.83. The molecule has 6 heteroatoms. The van der Waals surface area contributed by atoms with E-state index in [0.29, 0.717) is 29.6 Å². The topological polar surface area (TPSA) is 49.4 Å². The van der Waals surface area contributed by atoms with Crippen LogP contribution < -0.4 is 5.32 Å². The molecule has 34 heavy (non-hydrogen) atoms. The molecular formula is C28H30Cl2N2O2. The molecule has 0 heterocycles. The van der Waals surface area contributed by atoms with E-state index in [9.17, 15) is 9.59 Å². The number of hydrogen-bond donors (Lipinski definition) is 1. The van der Waals surface area contributed by atoms with E-state index in [1.54, 1.807) is 23.1 Å². The average molecular weight is 497 g/mol. The molecule has 4 nitrogen and oxygen atoms in total. The van der Waals surface area contributed by atoms with Gasteiger partial charge in [0.2, 0.25) is 11.8 Å². The van der Waals surface area contributed by atoms with E-state index in [-0.39, 0.29) is 18.2 Å². The number of halogens is 2. The molecule has 0 saturated carbocycles. The second kappa shape index (κ2) is 12.6. The Hall–Kier alpha value is -2.82. The fourth-order valence-electron chi connectivity index (χ4n) is 3.74. The molecule has 178 valence electrons. The summed E-state index contributed by atoms with van der Waals surface area (Å²) in [4.78, 5) is 28.6.